The second kappa shape index (κ2) is 6.39. The molecule has 0 N–H and O–H groups in total. The molecular formula is C18H22. The Kier molecular flexibility index (Phi) is 4.58. The molecule has 2 aromatic rings. The minimum atomic E-state index is 1.10. The van der Waals surface area contributed by atoms with Crippen LogP contribution in [-0.4, -0.2) is 0 Å². The van der Waals surface area contributed by atoms with Crippen molar-refractivity contribution in [3.05, 3.63) is 59.7 Å². The van der Waals surface area contributed by atoms with E-state index < -0.39 is 0 Å². The quantitative estimate of drug-likeness (QED) is 0.666. The number of hydrogen-bond acceptors (Lipinski definition) is 0. The Hall–Kier alpha value is -1.56. The van der Waals surface area contributed by atoms with Crippen LogP contribution >= 0.6 is 0 Å². The van der Waals surface area contributed by atoms with E-state index in [4.69, 9.17) is 0 Å². The van der Waals surface area contributed by atoms with E-state index in [0.29, 0.717) is 0 Å². The molecule has 0 nitrogen and oxygen atoms in total. The molecule has 0 bridgehead atoms. The fourth-order valence-electron chi connectivity index (χ4n) is 2.22. The van der Waals surface area contributed by atoms with Crippen LogP contribution in [0.3, 0.4) is 0 Å². The molecule has 2 rings (SSSR count). The lowest BCUT2D eigenvalue weighted by Gasteiger charge is -2.06. The van der Waals surface area contributed by atoms with Crippen LogP contribution in [-0.2, 0) is 12.8 Å². The standard InChI is InChI=1S/C18H22/c1-3-5-7-16-10-12-17(13-11-16)18-9-6-8-15(4-2)14-18/h6,8-14H,3-5,7H2,1-2H3. The van der Waals surface area contributed by atoms with E-state index in [2.05, 4.69) is 62.4 Å². The van der Waals surface area contributed by atoms with E-state index >= 15 is 0 Å². The van der Waals surface area contributed by atoms with Crippen LogP contribution < -0.4 is 0 Å². The molecule has 2 aromatic carbocycles. The van der Waals surface area contributed by atoms with Crippen LogP contribution in [0, 0.1) is 0 Å². The normalized spacial score (nSPS) is 10.6. The SMILES string of the molecule is CCCCc1ccc(-c2cccc(CC)c2)cc1. The third-order valence-corrected chi connectivity index (χ3v) is 3.44. The first-order valence-corrected chi connectivity index (χ1v) is 7.01. The molecule has 0 saturated carbocycles. The summed E-state index contributed by atoms with van der Waals surface area (Å²) in [6, 6.07) is 17.9. The smallest absolute Gasteiger partial charge is 0.0181 e. The molecule has 0 radical (unpaired) electrons. The summed E-state index contributed by atoms with van der Waals surface area (Å²) in [5.74, 6) is 0. The van der Waals surface area contributed by atoms with Crippen molar-refractivity contribution >= 4 is 0 Å². The summed E-state index contributed by atoms with van der Waals surface area (Å²) < 4.78 is 0. The maximum atomic E-state index is 2.29. The van der Waals surface area contributed by atoms with Crippen molar-refractivity contribution in [1.29, 1.82) is 0 Å². The van der Waals surface area contributed by atoms with Crippen LogP contribution in [0.4, 0.5) is 0 Å². The van der Waals surface area contributed by atoms with Gasteiger partial charge in [-0.2, -0.15) is 0 Å². The van der Waals surface area contributed by atoms with Gasteiger partial charge in [0.1, 0.15) is 0 Å². The number of aryl methyl sites for hydroxylation is 2. The highest BCUT2D eigenvalue weighted by atomic mass is 14.0. The van der Waals surface area contributed by atoms with E-state index in [1.165, 1.54) is 41.5 Å². The maximum Gasteiger partial charge on any atom is -0.0181 e. The van der Waals surface area contributed by atoms with Gasteiger partial charge in [-0.3, -0.25) is 0 Å². The first-order valence-electron chi connectivity index (χ1n) is 7.01. The molecule has 0 fully saturated rings. The van der Waals surface area contributed by atoms with Crippen molar-refractivity contribution in [2.75, 3.05) is 0 Å². The Morgan fingerprint density at radius 3 is 2.22 bits per heavy atom. The highest BCUT2D eigenvalue weighted by molar-refractivity contribution is 5.64. The summed E-state index contributed by atoms with van der Waals surface area (Å²) >= 11 is 0. The highest BCUT2D eigenvalue weighted by Crippen LogP contribution is 2.21. The molecule has 0 amide bonds. The summed E-state index contributed by atoms with van der Waals surface area (Å²) in [6.45, 7) is 4.44. The van der Waals surface area contributed by atoms with E-state index in [1.807, 2.05) is 0 Å². The molecule has 0 aliphatic rings. The third-order valence-electron chi connectivity index (χ3n) is 3.44. The van der Waals surface area contributed by atoms with Crippen molar-refractivity contribution < 1.29 is 0 Å². The Labute approximate surface area is 111 Å². The van der Waals surface area contributed by atoms with Gasteiger partial charge >= 0.3 is 0 Å². The zero-order valence-corrected chi connectivity index (χ0v) is 11.4. The van der Waals surface area contributed by atoms with Crippen LogP contribution in [0.1, 0.15) is 37.8 Å². The molecule has 0 aliphatic carbocycles. The van der Waals surface area contributed by atoms with E-state index in [0.717, 1.165) is 6.42 Å². The lowest BCUT2D eigenvalue weighted by molar-refractivity contribution is 0.795. The predicted octanol–water partition coefficient (Wildman–Crippen LogP) is 5.26. The first-order chi connectivity index (χ1) is 8.83. The Balaban J connectivity index is 2.17. The van der Waals surface area contributed by atoms with Gasteiger partial charge in [-0.15, -0.1) is 0 Å². The van der Waals surface area contributed by atoms with E-state index in [-0.39, 0.29) is 0 Å². The second-order valence-electron chi connectivity index (χ2n) is 4.85. The van der Waals surface area contributed by atoms with Crippen molar-refractivity contribution in [3.63, 3.8) is 0 Å². The van der Waals surface area contributed by atoms with Gasteiger partial charge in [0.25, 0.3) is 0 Å². The number of benzene rings is 2. The van der Waals surface area contributed by atoms with Crippen molar-refractivity contribution in [3.8, 4) is 11.1 Å². The molecule has 0 heterocycles. The molecule has 18 heavy (non-hydrogen) atoms. The monoisotopic (exact) mass is 238 g/mol. The summed E-state index contributed by atoms with van der Waals surface area (Å²) in [7, 11) is 0. The van der Waals surface area contributed by atoms with Gasteiger partial charge < -0.3 is 0 Å². The van der Waals surface area contributed by atoms with Crippen molar-refractivity contribution in [1.82, 2.24) is 0 Å². The third kappa shape index (κ3) is 3.22. The summed E-state index contributed by atoms with van der Waals surface area (Å²) in [6.07, 6.45) is 4.85. The van der Waals surface area contributed by atoms with Gasteiger partial charge in [-0.1, -0.05) is 68.8 Å². The predicted molar refractivity (Wildman–Crippen MR) is 79.9 cm³/mol. The topological polar surface area (TPSA) is 0 Å². The zero-order chi connectivity index (χ0) is 12.8. The molecule has 0 aliphatic heterocycles. The maximum absolute atomic E-state index is 2.29. The molecule has 0 saturated heterocycles. The van der Waals surface area contributed by atoms with E-state index in [1.54, 1.807) is 0 Å². The van der Waals surface area contributed by atoms with Gasteiger partial charge in [-0.05, 0) is 41.5 Å². The lowest BCUT2D eigenvalue weighted by atomic mass is 10.00. The fraction of sp³-hybridized carbons (Fsp3) is 0.333. The minimum absolute atomic E-state index is 1.10. The van der Waals surface area contributed by atoms with Gasteiger partial charge in [0.05, 0.1) is 0 Å². The average molecular weight is 238 g/mol. The van der Waals surface area contributed by atoms with Crippen molar-refractivity contribution in [2.45, 2.75) is 39.5 Å². The van der Waals surface area contributed by atoms with Gasteiger partial charge in [-0.25, -0.2) is 0 Å². The van der Waals surface area contributed by atoms with Gasteiger partial charge in [0.15, 0.2) is 0 Å². The first kappa shape index (κ1) is 12.9. The molecule has 0 aromatic heterocycles. The van der Waals surface area contributed by atoms with Crippen LogP contribution in [0.5, 0.6) is 0 Å². The Morgan fingerprint density at radius 1 is 0.778 bits per heavy atom. The van der Waals surface area contributed by atoms with E-state index in [9.17, 15) is 0 Å². The van der Waals surface area contributed by atoms with Crippen LogP contribution in [0.25, 0.3) is 11.1 Å². The highest BCUT2D eigenvalue weighted by Gasteiger charge is 1.99. The van der Waals surface area contributed by atoms with Crippen LogP contribution in [0.2, 0.25) is 0 Å². The second-order valence-corrected chi connectivity index (χ2v) is 4.85. The lowest BCUT2D eigenvalue weighted by Crippen LogP contribution is -1.86. The summed E-state index contributed by atoms with van der Waals surface area (Å²) in [4.78, 5) is 0. The molecule has 94 valence electrons. The fourth-order valence-corrected chi connectivity index (χ4v) is 2.22. The van der Waals surface area contributed by atoms with Gasteiger partial charge in [0.2, 0.25) is 0 Å². The molecular weight excluding hydrogens is 216 g/mol. The number of rotatable bonds is 5. The summed E-state index contributed by atoms with van der Waals surface area (Å²) in [5, 5.41) is 0. The van der Waals surface area contributed by atoms with Crippen LogP contribution in [0.15, 0.2) is 48.5 Å². The molecule has 0 atom stereocenters. The number of unbranched alkanes of at least 4 members (excludes halogenated alkanes) is 1. The molecule has 0 spiro atoms. The Morgan fingerprint density at radius 2 is 1.56 bits per heavy atom. The minimum Gasteiger partial charge on any atom is -0.0654 e. The number of hydrogen-bond donors (Lipinski definition) is 0. The van der Waals surface area contributed by atoms with Crippen molar-refractivity contribution in [2.24, 2.45) is 0 Å². The zero-order valence-electron chi connectivity index (χ0n) is 11.4. The largest absolute Gasteiger partial charge is 0.0654 e. The average Bonchev–Trinajstić information content (AvgIpc) is 2.46. The molecule has 0 unspecified atom stereocenters. The summed E-state index contributed by atoms with van der Waals surface area (Å²) in [5.41, 5.74) is 5.51. The molecule has 0 heteroatoms. The Bertz CT molecular complexity index is 480. The van der Waals surface area contributed by atoms with Gasteiger partial charge in [0, 0.05) is 0 Å².